The second-order valence-electron chi connectivity index (χ2n) is 7.63. The van der Waals surface area contributed by atoms with Crippen LogP contribution in [0.2, 0.25) is 0 Å². The molecule has 3 heterocycles. The number of fused-ring (bicyclic) bond motifs is 5. The summed E-state index contributed by atoms with van der Waals surface area (Å²) in [6, 6.07) is 4.19. The van der Waals surface area contributed by atoms with Crippen molar-refractivity contribution in [2.45, 2.75) is 43.8 Å². The van der Waals surface area contributed by atoms with Crippen LogP contribution in [-0.4, -0.2) is 34.2 Å². The van der Waals surface area contributed by atoms with Gasteiger partial charge < -0.3 is 9.84 Å². The van der Waals surface area contributed by atoms with Crippen molar-refractivity contribution in [3.63, 3.8) is 0 Å². The Kier molecular flexibility index (Phi) is 3.38. The average molecular weight is 380 g/mol. The molecule has 1 aromatic carbocycles. The van der Waals surface area contributed by atoms with E-state index in [1.165, 1.54) is 6.07 Å². The van der Waals surface area contributed by atoms with Gasteiger partial charge in [0.2, 0.25) is 11.8 Å². The molecule has 142 valence electrons. The number of benzene rings is 1. The van der Waals surface area contributed by atoms with E-state index in [9.17, 15) is 27.9 Å². The lowest BCUT2D eigenvalue weighted by molar-refractivity contribution is -0.138. The number of carbonyl (C=O) groups excluding carboxylic acids is 2. The van der Waals surface area contributed by atoms with Crippen molar-refractivity contribution in [3.05, 3.63) is 29.3 Å². The first-order valence-corrected chi connectivity index (χ1v) is 8.31. The number of aliphatic hydroxyl groups excluding tert-OH is 1. The van der Waals surface area contributed by atoms with Gasteiger partial charge in [0.15, 0.2) is 0 Å². The molecule has 0 aliphatic carbocycles. The number of rotatable bonds is 1. The number of halogens is 3. The zero-order chi connectivity index (χ0) is 19.9. The van der Waals surface area contributed by atoms with E-state index in [2.05, 4.69) is 0 Å². The van der Waals surface area contributed by atoms with Crippen molar-refractivity contribution < 1.29 is 32.6 Å². The molecule has 0 spiro atoms. The van der Waals surface area contributed by atoms with Crippen LogP contribution >= 0.6 is 0 Å². The van der Waals surface area contributed by atoms with Gasteiger partial charge in [0.05, 0.1) is 46.4 Å². The highest BCUT2D eigenvalue weighted by Gasteiger charge is 2.75. The standard InChI is InChI=1S/C18H15F3N2O4/c1-16-6-11(24)17(2,27-16)13-12(16)14(25)23(15(13)26)9-4-3-8(7-22)10(5-9)18(19,20)21/h3-5,11-13,24H,6H2,1-2H3/t11-,12?,13-,16-,17-/m0/s1. The van der Waals surface area contributed by atoms with Gasteiger partial charge in [0.1, 0.15) is 5.60 Å². The molecule has 3 aliphatic rings. The largest absolute Gasteiger partial charge is 0.417 e. The Labute approximate surface area is 152 Å². The minimum absolute atomic E-state index is 0.165. The topological polar surface area (TPSA) is 90.6 Å². The summed E-state index contributed by atoms with van der Waals surface area (Å²) in [5, 5.41) is 19.2. The minimum atomic E-state index is -4.81. The Balaban J connectivity index is 1.81. The Morgan fingerprint density at radius 3 is 2.48 bits per heavy atom. The molecule has 27 heavy (non-hydrogen) atoms. The molecule has 2 bridgehead atoms. The van der Waals surface area contributed by atoms with E-state index in [0.717, 1.165) is 17.0 Å². The molecule has 3 saturated heterocycles. The van der Waals surface area contributed by atoms with E-state index < -0.39 is 58.3 Å². The molecular formula is C18H15F3N2O4. The molecule has 0 saturated carbocycles. The zero-order valence-corrected chi connectivity index (χ0v) is 14.4. The van der Waals surface area contributed by atoms with Gasteiger partial charge in [-0.1, -0.05) is 0 Å². The Morgan fingerprint density at radius 2 is 1.89 bits per heavy atom. The van der Waals surface area contributed by atoms with Crippen LogP contribution in [0.15, 0.2) is 18.2 Å². The number of imide groups is 1. The van der Waals surface area contributed by atoms with Crippen LogP contribution in [0.3, 0.4) is 0 Å². The molecule has 1 unspecified atom stereocenters. The smallest absolute Gasteiger partial charge is 0.390 e. The van der Waals surface area contributed by atoms with Gasteiger partial charge in [0.25, 0.3) is 0 Å². The fraction of sp³-hybridized carbons (Fsp3) is 0.500. The summed E-state index contributed by atoms with van der Waals surface area (Å²) in [6.07, 6.45) is -5.59. The number of hydrogen-bond donors (Lipinski definition) is 1. The number of nitriles is 1. The van der Waals surface area contributed by atoms with Gasteiger partial charge in [-0.3, -0.25) is 9.59 Å². The van der Waals surface area contributed by atoms with Crippen molar-refractivity contribution in [2.24, 2.45) is 11.8 Å². The molecule has 3 aliphatic heterocycles. The first-order chi connectivity index (χ1) is 12.4. The van der Waals surface area contributed by atoms with Crippen LogP contribution < -0.4 is 4.90 Å². The zero-order valence-electron chi connectivity index (χ0n) is 14.4. The van der Waals surface area contributed by atoms with Crippen LogP contribution in [0.25, 0.3) is 0 Å². The number of amides is 2. The minimum Gasteiger partial charge on any atom is -0.390 e. The summed E-state index contributed by atoms with van der Waals surface area (Å²) < 4.78 is 45.6. The molecule has 0 aromatic heterocycles. The summed E-state index contributed by atoms with van der Waals surface area (Å²) in [4.78, 5) is 26.6. The summed E-state index contributed by atoms with van der Waals surface area (Å²) in [7, 11) is 0. The normalized spacial score (nSPS) is 37.7. The fourth-order valence-corrected chi connectivity index (χ4v) is 4.78. The lowest BCUT2D eigenvalue weighted by atomic mass is 9.67. The van der Waals surface area contributed by atoms with Crippen molar-refractivity contribution in [2.75, 3.05) is 4.90 Å². The van der Waals surface area contributed by atoms with Gasteiger partial charge in [-0.15, -0.1) is 0 Å². The van der Waals surface area contributed by atoms with E-state index >= 15 is 0 Å². The second kappa shape index (κ2) is 5.09. The number of aliphatic hydroxyl groups is 1. The Morgan fingerprint density at radius 1 is 1.26 bits per heavy atom. The van der Waals surface area contributed by atoms with Crippen molar-refractivity contribution >= 4 is 17.5 Å². The van der Waals surface area contributed by atoms with Crippen LogP contribution in [0, 0.1) is 23.2 Å². The molecule has 9 heteroatoms. The summed E-state index contributed by atoms with van der Waals surface area (Å²) >= 11 is 0. The molecule has 2 amide bonds. The number of nitrogens with zero attached hydrogens (tertiary/aromatic N) is 2. The Bertz CT molecular complexity index is 924. The van der Waals surface area contributed by atoms with Crippen LogP contribution in [-0.2, 0) is 20.5 Å². The SMILES string of the molecule is C[C@]12O[C@@](C)(C[C@@H]1O)C1C(=O)N(c3ccc(C#N)c(C(F)(F)F)c3)C(=O)[C@H]12. The predicted molar refractivity (Wildman–Crippen MR) is 84.2 cm³/mol. The first kappa shape index (κ1) is 17.9. The molecule has 4 rings (SSSR count). The average Bonchev–Trinajstić information content (AvgIpc) is 3.07. The van der Waals surface area contributed by atoms with E-state index in [0.29, 0.717) is 6.07 Å². The third kappa shape index (κ3) is 2.14. The number of alkyl halides is 3. The summed E-state index contributed by atoms with van der Waals surface area (Å²) in [5.74, 6) is -3.19. The van der Waals surface area contributed by atoms with Crippen LogP contribution in [0.4, 0.5) is 18.9 Å². The van der Waals surface area contributed by atoms with Gasteiger partial charge in [-0.2, -0.15) is 18.4 Å². The van der Waals surface area contributed by atoms with Crippen LogP contribution in [0.5, 0.6) is 0 Å². The van der Waals surface area contributed by atoms with Crippen LogP contribution in [0.1, 0.15) is 31.4 Å². The van der Waals surface area contributed by atoms with E-state index in [1.807, 2.05) is 0 Å². The molecule has 3 fully saturated rings. The predicted octanol–water partition coefficient (Wildman–Crippen LogP) is 1.99. The molecule has 5 atom stereocenters. The number of hydrogen-bond acceptors (Lipinski definition) is 5. The first-order valence-electron chi connectivity index (χ1n) is 8.31. The number of carbonyl (C=O) groups is 2. The van der Waals surface area contributed by atoms with Gasteiger partial charge in [-0.05, 0) is 32.0 Å². The second-order valence-corrected chi connectivity index (χ2v) is 7.63. The quantitative estimate of drug-likeness (QED) is 0.753. The van der Waals surface area contributed by atoms with Gasteiger partial charge in [-0.25, -0.2) is 4.90 Å². The van der Waals surface area contributed by atoms with Crippen molar-refractivity contribution in [1.82, 2.24) is 0 Å². The lowest BCUT2D eigenvalue weighted by Gasteiger charge is -2.31. The number of anilines is 1. The maximum atomic E-state index is 13.2. The molecule has 1 aromatic rings. The van der Waals surface area contributed by atoms with E-state index in [-0.39, 0.29) is 12.1 Å². The monoisotopic (exact) mass is 380 g/mol. The van der Waals surface area contributed by atoms with Gasteiger partial charge in [0, 0.05) is 6.42 Å². The summed E-state index contributed by atoms with van der Waals surface area (Å²) in [5.41, 5.74) is -4.37. The van der Waals surface area contributed by atoms with Crippen molar-refractivity contribution in [3.8, 4) is 6.07 Å². The maximum absolute atomic E-state index is 13.2. The molecule has 6 nitrogen and oxygen atoms in total. The highest BCUT2D eigenvalue weighted by atomic mass is 19.4. The fourth-order valence-electron chi connectivity index (χ4n) is 4.78. The molecule has 1 N–H and O–H groups in total. The summed E-state index contributed by atoms with van der Waals surface area (Å²) in [6.45, 7) is 3.17. The van der Waals surface area contributed by atoms with Gasteiger partial charge >= 0.3 is 6.18 Å². The third-order valence-electron chi connectivity index (χ3n) is 5.98. The molecular weight excluding hydrogens is 365 g/mol. The highest BCUT2D eigenvalue weighted by Crippen LogP contribution is 2.61. The lowest BCUT2D eigenvalue weighted by Crippen LogP contribution is -2.49. The van der Waals surface area contributed by atoms with E-state index in [1.54, 1.807) is 13.8 Å². The Hall–Kier alpha value is -2.44. The number of ether oxygens (including phenoxy) is 1. The third-order valence-corrected chi connectivity index (χ3v) is 5.98. The maximum Gasteiger partial charge on any atom is 0.417 e. The van der Waals surface area contributed by atoms with E-state index in [4.69, 9.17) is 10.00 Å². The molecule has 0 radical (unpaired) electrons. The van der Waals surface area contributed by atoms with Crippen molar-refractivity contribution in [1.29, 1.82) is 5.26 Å². The highest BCUT2D eigenvalue weighted by molar-refractivity contribution is 6.23.